The highest BCUT2D eigenvalue weighted by Gasteiger charge is 2.07. The Morgan fingerprint density at radius 3 is 2.05 bits per heavy atom. The number of hydrogen-bond donors (Lipinski definition) is 1. The number of esters is 1. The maximum absolute atomic E-state index is 11.7. The van der Waals surface area contributed by atoms with E-state index < -0.39 is 5.97 Å². The third-order valence-corrected chi connectivity index (χ3v) is 3.31. The first-order chi connectivity index (χ1) is 10.6. The first-order valence-electron chi connectivity index (χ1n) is 7.18. The lowest BCUT2D eigenvalue weighted by molar-refractivity contribution is 0.0525. The average Bonchev–Trinajstić information content (AvgIpc) is 2.54. The highest BCUT2D eigenvalue weighted by atomic mass is 16.5. The van der Waals surface area contributed by atoms with Crippen molar-refractivity contribution in [1.82, 2.24) is 0 Å². The van der Waals surface area contributed by atoms with Gasteiger partial charge in [0.15, 0.2) is 0 Å². The van der Waals surface area contributed by atoms with Crippen molar-refractivity contribution in [2.24, 2.45) is 0 Å². The summed E-state index contributed by atoms with van der Waals surface area (Å²) >= 11 is 0. The van der Waals surface area contributed by atoms with Crippen LogP contribution in [0.25, 0.3) is 0 Å². The molecule has 0 heterocycles. The van der Waals surface area contributed by atoms with Crippen molar-refractivity contribution in [1.29, 1.82) is 0 Å². The van der Waals surface area contributed by atoms with Crippen LogP contribution < -0.4 is 0 Å². The van der Waals surface area contributed by atoms with E-state index in [2.05, 4.69) is 0 Å². The topological polar surface area (TPSA) is 63.6 Å². The second kappa shape index (κ2) is 7.41. The molecule has 0 saturated heterocycles. The minimum atomic E-state index is -0.925. The number of aryl methyl sites for hydroxylation is 2. The first-order valence-corrected chi connectivity index (χ1v) is 7.18. The molecule has 0 aromatic heterocycles. The van der Waals surface area contributed by atoms with Crippen molar-refractivity contribution >= 4 is 11.9 Å². The molecule has 0 bridgehead atoms. The molecule has 0 fully saturated rings. The van der Waals surface area contributed by atoms with Gasteiger partial charge in [-0.1, -0.05) is 24.3 Å². The van der Waals surface area contributed by atoms with Gasteiger partial charge in [-0.3, -0.25) is 0 Å². The summed E-state index contributed by atoms with van der Waals surface area (Å²) in [4.78, 5) is 22.7. The standard InChI is InChI=1S/C18H18O4/c1-2-22-18(21)16-8-4-6-14(12-16)10-9-13-5-3-7-15(11-13)17(19)20/h3-8,11-12H,2,9-10H2,1H3,(H,19,20). The maximum atomic E-state index is 11.7. The molecule has 2 rings (SSSR count). The molecule has 2 aromatic rings. The van der Waals surface area contributed by atoms with Crippen LogP contribution in [0.4, 0.5) is 0 Å². The van der Waals surface area contributed by atoms with E-state index in [-0.39, 0.29) is 11.5 Å². The molecule has 1 N–H and O–H groups in total. The van der Waals surface area contributed by atoms with Crippen molar-refractivity contribution in [3.05, 3.63) is 70.8 Å². The molecule has 4 heteroatoms. The fourth-order valence-electron chi connectivity index (χ4n) is 2.22. The van der Waals surface area contributed by atoms with E-state index in [0.717, 1.165) is 17.5 Å². The summed E-state index contributed by atoms with van der Waals surface area (Å²) in [5.41, 5.74) is 2.81. The van der Waals surface area contributed by atoms with Crippen LogP contribution in [-0.4, -0.2) is 23.7 Å². The Labute approximate surface area is 129 Å². The van der Waals surface area contributed by atoms with Gasteiger partial charge in [0.1, 0.15) is 0 Å². The summed E-state index contributed by atoms with van der Waals surface area (Å²) in [6.45, 7) is 2.13. The van der Waals surface area contributed by atoms with E-state index in [4.69, 9.17) is 9.84 Å². The van der Waals surface area contributed by atoms with Crippen LogP contribution in [-0.2, 0) is 17.6 Å². The minimum absolute atomic E-state index is 0.290. The lowest BCUT2D eigenvalue weighted by Crippen LogP contribution is -2.05. The van der Waals surface area contributed by atoms with Crippen molar-refractivity contribution in [2.75, 3.05) is 6.61 Å². The summed E-state index contributed by atoms with van der Waals surface area (Å²) in [6.07, 6.45) is 1.45. The monoisotopic (exact) mass is 298 g/mol. The van der Waals surface area contributed by atoms with E-state index in [1.54, 1.807) is 31.2 Å². The van der Waals surface area contributed by atoms with Crippen LogP contribution in [0.2, 0.25) is 0 Å². The van der Waals surface area contributed by atoms with Crippen LogP contribution >= 0.6 is 0 Å². The SMILES string of the molecule is CCOC(=O)c1cccc(CCc2cccc(C(=O)O)c2)c1. The smallest absolute Gasteiger partial charge is 0.338 e. The molecular formula is C18H18O4. The number of carboxylic acid groups (broad SMARTS) is 1. The molecule has 0 aliphatic rings. The number of carbonyl (C=O) groups excluding carboxylic acids is 1. The molecule has 0 spiro atoms. The van der Waals surface area contributed by atoms with Gasteiger partial charge in [0.2, 0.25) is 0 Å². The number of benzene rings is 2. The van der Waals surface area contributed by atoms with Gasteiger partial charge in [0.05, 0.1) is 17.7 Å². The summed E-state index contributed by atoms with van der Waals surface area (Å²) < 4.78 is 4.98. The Morgan fingerprint density at radius 1 is 0.955 bits per heavy atom. The van der Waals surface area contributed by atoms with Gasteiger partial charge in [-0.05, 0) is 55.2 Å². The lowest BCUT2D eigenvalue weighted by atomic mass is 10.0. The Morgan fingerprint density at radius 2 is 1.50 bits per heavy atom. The zero-order valence-electron chi connectivity index (χ0n) is 12.4. The summed E-state index contributed by atoms with van der Waals surface area (Å²) in [7, 11) is 0. The fraction of sp³-hybridized carbons (Fsp3) is 0.222. The van der Waals surface area contributed by atoms with Gasteiger partial charge in [-0.25, -0.2) is 9.59 Å². The largest absolute Gasteiger partial charge is 0.478 e. The Hall–Kier alpha value is -2.62. The van der Waals surface area contributed by atoms with E-state index >= 15 is 0 Å². The highest BCUT2D eigenvalue weighted by Crippen LogP contribution is 2.12. The number of aromatic carboxylic acids is 1. The maximum Gasteiger partial charge on any atom is 0.338 e. The van der Waals surface area contributed by atoms with Crippen LogP contribution in [0.1, 0.15) is 38.8 Å². The van der Waals surface area contributed by atoms with Gasteiger partial charge >= 0.3 is 11.9 Å². The molecule has 2 aromatic carbocycles. The van der Waals surface area contributed by atoms with Crippen molar-refractivity contribution in [3.8, 4) is 0 Å². The number of carboxylic acids is 1. The number of carbonyl (C=O) groups is 2. The number of hydrogen-bond acceptors (Lipinski definition) is 3. The van der Waals surface area contributed by atoms with Gasteiger partial charge in [-0.15, -0.1) is 0 Å². The van der Waals surface area contributed by atoms with E-state index in [9.17, 15) is 9.59 Å². The highest BCUT2D eigenvalue weighted by molar-refractivity contribution is 5.89. The van der Waals surface area contributed by atoms with Gasteiger partial charge in [0, 0.05) is 0 Å². The van der Waals surface area contributed by atoms with Crippen molar-refractivity contribution in [3.63, 3.8) is 0 Å². The second-order valence-electron chi connectivity index (χ2n) is 4.93. The van der Waals surface area contributed by atoms with Gasteiger partial charge < -0.3 is 9.84 Å². The van der Waals surface area contributed by atoms with E-state index in [1.807, 2.05) is 24.3 Å². The zero-order valence-corrected chi connectivity index (χ0v) is 12.4. The third kappa shape index (κ3) is 4.19. The van der Waals surface area contributed by atoms with Crippen LogP contribution in [0.15, 0.2) is 48.5 Å². The third-order valence-electron chi connectivity index (χ3n) is 3.31. The second-order valence-corrected chi connectivity index (χ2v) is 4.93. The quantitative estimate of drug-likeness (QED) is 0.831. The summed E-state index contributed by atoms with van der Waals surface area (Å²) in [5.74, 6) is -1.25. The molecule has 22 heavy (non-hydrogen) atoms. The van der Waals surface area contributed by atoms with Crippen molar-refractivity contribution in [2.45, 2.75) is 19.8 Å². The molecule has 0 atom stereocenters. The predicted molar refractivity (Wildman–Crippen MR) is 83.2 cm³/mol. The molecule has 0 aliphatic heterocycles. The molecule has 0 saturated carbocycles. The molecular weight excluding hydrogens is 280 g/mol. The molecule has 0 unspecified atom stereocenters. The normalized spacial score (nSPS) is 10.2. The molecule has 0 radical (unpaired) electrons. The van der Waals surface area contributed by atoms with Crippen LogP contribution in [0, 0.1) is 0 Å². The summed E-state index contributed by atoms with van der Waals surface area (Å²) in [5, 5.41) is 8.99. The average molecular weight is 298 g/mol. The number of rotatable bonds is 6. The van der Waals surface area contributed by atoms with Gasteiger partial charge in [0.25, 0.3) is 0 Å². The van der Waals surface area contributed by atoms with Gasteiger partial charge in [-0.2, -0.15) is 0 Å². The molecule has 0 amide bonds. The molecule has 4 nitrogen and oxygen atoms in total. The Balaban J connectivity index is 2.05. The minimum Gasteiger partial charge on any atom is -0.478 e. The fourth-order valence-corrected chi connectivity index (χ4v) is 2.22. The van der Waals surface area contributed by atoms with Crippen LogP contribution in [0.3, 0.4) is 0 Å². The van der Waals surface area contributed by atoms with Crippen molar-refractivity contribution < 1.29 is 19.4 Å². The first kappa shape index (κ1) is 15.8. The Kier molecular flexibility index (Phi) is 5.31. The lowest BCUT2D eigenvalue weighted by Gasteiger charge is -2.06. The molecule has 114 valence electrons. The van der Waals surface area contributed by atoms with E-state index in [0.29, 0.717) is 18.6 Å². The molecule has 0 aliphatic carbocycles. The summed E-state index contributed by atoms with van der Waals surface area (Å²) in [6, 6.07) is 14.2. The van der Waals surface area contributed by atoms with E-state index in [1.165, 1.54) is 0 Å². The Bertz CT molecular complexity index is 676. The predicted octanol–water partition coefficient (Wildman–Crippen LogP) is 3.35. The number of ether oxygens (including phenoxy) is 1. The zero-order chi connectivity index (χ0) is 15.9. The van der Waals surface area contributed by atoms with Crippen LogP contribution in [0.5, 0.6) is 0 Å².